The van der Waals surface area contributed by atoms with Crippen molar-refractivity contribution in [1.29, 1.82) is 0 Å². The number of ether oxygens (including phenoxy) is 1. The lowest BCUT2D eigenvalue weighted by atomic mass is 10.2. The number of alkyl halides is 3. The molecule has 0 radical (unpaired) electrons. The average Bonchev–Trinajstić information content (AvgIpc) is 2.41. The molecule has 88 valence electrons. The van der Waals surface area contributed by atoms with Crippen molar-refractivity contribution in [3.05, 3.63) is 0 Å². The Hall–Kier alpha value is -0.980. The number of carbonyl (C=O) groups is 1. The molecule has 0 aromatic carbocycles. The molecule has 1 aliphatic rings. The van der Waals surface area contributed by atoms with Crippen LogP contribution in [0.15, 0.2) is 0 Å². The second-order valence-electron chi connectivity index (χ2n) is 3.29. The van der Waals surface area contributed by atoms with Crippen LogP contribution in [0.1, 0.15) is 19.3 Å². The van der Waals surface area contributed by atoms with Crippen molar-refractivity contribution in [2.75, 3.05) is 19.7 Å². The summed E-state index contributed by atoms with van der Waals surface area (Å²) >= 11 is 0. The highest BCUT2D eigenvalue weighted by molar-refractivity contribution is 5.67. The molecule has 1 saturated heterocycles. The van der Waals surface area contributed by atoms with Crippen LogP contribution in [0.5, 0.6) is 0 Å². The molecule has 0 spiro atoms. The molecular weight excluding hydrogens is 213 g/mol. The molecule has 0 bridgehead atoms. The fraction of sp³-hybridized carbons (Fsp3) is 0.875. The normalized spacial score (nSPS) is 18.5. The number of carbonyl (C=O) groups excluding carboxylic acids is 1. The van der Waals surface area contributed by atoms with Gasteiger partial charge in [0.15, 0.2) is 6.61 Å². The maximum Gasteiger partial charge on any atom is 0.424 e. The molecule has 1 rings (SSSR count). The molecule has 1 fully saturated rings. The molecule has 15 heavy (non-hydrogen) atoms. The van der Waals surface area contributed by atoms with E-state index < -0.39 is 18.9 Å². The molecule has 0 saturated carbocycles. The Labute approximate surface area is 85.3 Å². The Morgan fingerprint density at radius 2 is 2.07 bits per heavy atom. The van der Waals surface area contributed by atoms with Crippen LogP contribution in [-0.2, 0) is 4.74 Å². The van der Waals surface area contributed by atoms with Crippen molar-refractivity contribution in [3.8, 4) is 0 Å². The van der Waals surface area contributed by atoms with Gasteiger partial charge in [0.05, 0.1) is 0 Å². The summed E-state index contributed by atoms with van der Waals surface area (Å²) in [5, 5.41) is 1.10. The monoisotopic (exact) mass is 226 g/mol. The van der Waals surface area contributed by atoms with E-state index in [0.717, 1.165) is 24.3 Å². The minimum atomic E-state index is -4.47. The minimum absolute atomic E-state index is 0.386. The molecule has 0 atom stereocenters. The zero-order valence-electron chi connectivity index (χ0n) is 8.14. The summed E-state index contributed by atoms with van der Waals surface area (Å²) in [6.07, 6.45) is -2.80. The second-order valence-corrected chi connectivity index (χ2v) is 3.29. The molecule has 1 aliphatic heterocycles. The van der Waals surface area contributed by atoms with Crippen molar-refractivity contribution in [3.63, 3.8) is 0 Å². The lowest BCUT2D eigenvalue weighted by molar-refractivity contribution is -0.163. The molecule has 1 amide bonds. The number of hydrazine groups is 1. The lowest BCUT2D eigenvalue weighted by Crippen LogP contribution is -2.43. The number of hydrogen-bond acceptors (Lipinski definition) is 3. The third kappa shape index (κ3) is 4.87. The van der Waals surface area contributed by atoms with E-state index in [2.05, 4.69) is 10.2 Å². The molecule has 0 aromatic heterocycles. The van der Waals surface area contributed by atoms with Crippen molar-refractivity contribution >= 4 is 6.09 Å². The van der Waals surface area contributed by atoms with E-state index in [1.165, 1.54) is 0 Å². The summed E-state index contributed by atoms with van der Waals surface area (Å²) in [5.74, 6) is 0. The van der Waals surface area contributed by atoms with Crippen LogP contribution in [0.4, 0.5) is 18.0 Å². The van der Waals surface area contributed by atoms with Gasteiger partial charge in [-0.05, 0) is 12.8 Å². The SMILES string of the molecule is O=C(OCC(F)(F)F)N1CCCCCN1. The van der Waals surface area contributed by atoms with Gasteiger partial charge in [-0.1, -0.05) is 6.42 Å². The number of hydrogen-bond donors (Lipinski definition) is 1. The average molecular weight is 226 g/mol. The largest absolute Gasteiger partial charge is 0.439 e. The highest BCUT2D eigenvalue weighted by Gasteiger charge is 2.30. The van der Waals surface area contributed by atoms with E-state index in [1.54, 1.807) is 0 Å². The number of rotatable bonds is 1. The van der Waals surface area contributed by atoms with Gasteiger partial charge in [0, 0.05) is 13.1 Å². The highest BCUT2D eigenvalue weighted by Crippen LogP contribution is 2.15. The van der Waals surface area contributed by atoms with Crippen molar-refractivity contribution in [2.45, 2.75) is 25.4 Å². The van der Waals surface area contributed by atoms with Crippen LogP contribution in [0.25, 0.3) is 0 Å². The van der Waals surface area contributed by atoms with Gasteiger partial charge in [-0.2, -0.15) is 13.2 Å². The zero-order chi connectivity index (χ0) is 11.3. The number of halogens is 3. The molecule has 1 N–H and O–H groups in total. The van der Waals surface area contributed by atoms with E-state index in [9.17, 15) is 18.0 Å². The van der Waals surface area contributed by atoms with E-state index in [-0.39, 0.29) is 0 Å². The van der Waals surface area contributed by atoms with Crippen LogP contribution >= 0.6 is 0 Å². The van der Waals surface area contributed by atoms with Crippen LogP contribution in [0.3, 0.4) is 0 Å². The Morgan fingerprint density at radius 3 is 2.73 bits per heavy atom. The first-order chi connectivity index (χ1) is 6.99. The summed E-state index contributed by atoms with van der Waals surface area (Å²) in [5.41, 5.74) is 2.71. The van der Waals surface area contributed by atoms with Gasteiger partial charge in [0.25, 0.3) is 0 Å². The lowest BCUT2D eigenvalue weighted by Gasteiger charge is -2.20. The van der Waals surface area contributed by atoms with Gasteiger partial charge in [-0.15, -0.1) is 0 Å². The topological polar surface area (TPSA) is 41.6 Å². The molecular formula is C8H13F3N2O2. The standard InChI is InChI=1S/C8H13F3N2O2/c9-8(10,11)6-15-7(14)13-5-3-1-2-4-12-13/h12H,1-6H2. The van der Waals surface area contributed by atoms with E-state index in [1.807, 2.05) is 0 Å². The first kappa shape index (κ1) is 12.1. The maximum absolute atomic E-state index is 11.7. The van der Waals surface area contributed by atoms with Crippen molar-refractivity contribution in [1.82, 2.24) is 10.4 Å². The molecule has 7 heteroatoms. The first-order valence-electron chi connectivity index (χ1n) is 4.73. The fourth-order valence-corrected chi connectivity index (χ4v) is 1.24. The quantitative estimate of drug-likeness (QED) is 0.739. The Bertz CT molecular complexity index is 212. The summed E-state index contributed by atoms with van der Waals surface area (Å²) in [6.45, 7) is -0.568. The van der Waals surface area contributed by atoms with Gasteiger partial charge in [-0.3, -0.25) is 0 Å². The molecule has 0 aromatic rings. The fourth-order valence-electron chi connectivity index (χ4n) is 1.24. The van der Waals surface area contributed by atoms with Gasteiger partial charge >= 0.3 is 12.3 Å². The van der Waals surface area contributed by atoms with Crippen molar-refractivity contribution in [2.24, 2.45) is 0 Å². The number of nitrogens with zero attached hydrogens (tertiary/aromatic N) is 1. The summed E-state index contributed by atoms with van der Waals surface area (Å²) in [4.78, 5) is 11.1. The third-order valence-corrected chi connectivity index (χ3v) is 1.94. The molecule has 0 aliphatic carbocycles. The van der Waals surface area contributed by atoms with Crippen molar-refractivity contribution < 1.29 is 22.7 Å². The van der Waals surface area contributed by atoms with E-state index >= 15 is 0 Å². The number of nitrogens with one attached hydrogen (secondary N) is 1. The van der Waals surface area contributed by atoms with E-state index in [4.69, 9.17) is 0 Å². The van der Waals surface area contributed by atoms with Crippen LogP contribution in [0.2, 0.25) is 0 Å². The summed E-state index contributed by atoms with van der Waals surface area (Å²) in [6, 6.07) is 0. The minimum Gasteiger partial charge on any atom is -0.439 e. The Balaban J connectivity index is 2.32. The predicted octanol–water partition coefficient (Wildman–Crippen LogP) is 1.68. The van der Waals surface area contributed by atoms with Gasteiger partial charge in [-0.25, -0.2) is 15.2 Å². The Morgan fingerprint density at radius 1 is 1.33 bits per heavy atom. The van der Waals surface area contributed by atoms with E-state index in [0.29, 0.717) is 13.1 Å². The van der Waals surface area contributed by atoms with Gasteiger partial charge in [0.2, 0.25) is 0 Å². The predicted molar refractivity (Wildman–Crippen MR) is 46.0 cm³/mol. The molecule has 1 heterocycles. The summed E-state index contributed by atoms with van der Waals surface area (Å²) in [7, 11) is 0. The third-order valence-electron chi connectivity index (χ3n) is 1.94. The van der Waals surface area contributed by atoms with Gasteiger partial charge in [0.1, 0.15) is 0 Å². The highest BCUT2D eigenvalue weighted by atomic mass is 19.4. The second kappa shape index (κ2) is 5.20. The first-order valence-corrected chi connectivity index (χ1v) is 4.73. The smallest absolute Gasteiger partial charge is 0.424 e. The van der Waals surface area contributed by atoms with Crippen LogP contribution < -0.4 is 5.43 Å². The number of amides is 1. The van der Waals surface area contributed by atoms with Crippen LogP contribution in [0, 0.1) is 0 Å². The van der Waals surface area contributed by atoms with Crippen LogP contribution in [-0.4, -0.2) is 37.0 Å². The zero-order valence-corrected chi connectivity index (χ0v) is 8.14. The Kier molecular flexibility index (Phi) is 4.19. The van der Waals surface area contributed by atoms with Gasteiger partial charge < -0.3 is 4.74 Å². The molecule has 0 unspecified atom stereocenters. The molecule has 4 nitrogen and oxygen atoms in total. The summed E-state index contributed by atoms with van der Waals surface area (Å²) < 4.78 is 39.3. The maximum atomic E-state index is 11.7.